The molecule has 1 saturated heterocycles. The van der Waals surface area contributed by atoms with Crippen LogP contribution in [-0.4, -0.2) is 58.7 Å². The standard InChI is InChI=1S/C23H25N7O5/c1-27-13-24-20-19(27)22(33)30(23(34)28(20)2)12-18(31)29(10-14-6-5-9-35-14)11-17-25-16-8-4-3-7-15(16)21(32)26-17/h3-4,7-8,13-14H,5-6,9-12H2,1-2H3,(H,25,26,32). The molecule has 1 unspecified atom stereocenters. The Morgan fingerprint density at radius 3 is 2.80 bits per heavy atom. The number of ether oxygens (including phenoxy) is 1. The van der Waals surface area contributed by atoms with Gasteiger partial charge >= 0.3 is 5.69 Å². The summed E-state index contributed by atoms with van der Waals surface area (Å²) in [5, 5.41) is 0.452. The van der Waals surface area contributed by atoms with E-state index in [9.17, 15) is 19.2 Å². The summed E-state index contributed by atoms with van der Waals surface area (Å²) in [5.74, 6) is -0.153. The molecular weight excluding hydrogens is 454 g/mol. The van der Waals surface area contributed by atoms with Crippen LogP contribution in [0.4, 0.5) is 0 Å². The highest BCUT2D eigenvalue weighted by molar-refractivity contribution is 5.78. The number of aromatic nitrogens is 6. The zero-order valence-corrected chi connectivity index (χ0v) is 19.4. The number of nitrogens with one attached hydrogen (secondary N) is 1. The van der Waals surface area contributed by atoms with E-state index < -0.39 is 23.7 Å². The van der Waals surface area contributed by atoms with Crippen LogP contribution in [0.2, 0.25) is 0 Å². The number of benzene rings is 1. The van der Waals surface area contributed by atoms with Crippen LogP contribution in [0.15, 0.2) is 45.0 Å². The third-order valence-electron chi connectivity index (χ3n) is 6.30. The SMILES string of the molecule is Cn1cnc2c1c(=O)n(CC(=O)N(Cc1nc3ccccc3c(=O)[nH]1)CC1CCCO1)c(=O)n2C. The fourth-order valence-corrected chi connectivity index (χ4v) is 4.45. The number of aromatic amines is 1. The van der Waals surface area contributed by atoms with Crippen molar-refractivity contribution in [2.24, 2.45) is 14.1 Å². The van der Waals surface area contributed by atoms with Crippen molar-refractivity contribution in [1.29, 1.82) is 0 Å². The van der Waals surface area contributed by atoms with Gasteiger partial charge in [-0.1, -0.05) is 12.1 Å². The van der Waals surface area contributed by atoms with Crippen LogP contribution in [-0.2, 0) is 36.7 Å². The summed E-state index contributed by atoms with van der Waals surface area (Å²) in [6.07, 6.45) is 2.94. The third-order valence-corrected chi connectivity index (χ3v) is 6.30. The summed E-state index contributed by atoms with van der Waals surface area (Å²) in [5.41, 5.74) is -0.537. The zero-order chi connectivity index (χ0) is 24.7. The Kier molecular flexibility index (Phi) is 5.81. The summed E-state index contributed by atoms with van der Waals surface area (Å²) in [6.45, 7) is 0.395. The molecule has 0 bridgehead atoms. The van der Waals surface area contributed by atoms with Gasteiger partial charge in [0.1, 0.15) is 12.4 Å². The molecule has 1 amide bonds. The number of imidazole rings is 1. The van der Waals surface area contributed by atoms with E-state index in [1.807, 2.05) is 0 Å². The molecule has 1 aromatic carbocycles. The first-order valence-electron chi connectivity index (χ1n) is 11.3. The van der Waals surface area contributed by atoms with E-state index in [0.29, 0.717) is 23.3 Å². The van der Waals surface area contributed by atoms with E-state index in [1.54, 1.807) is 31.3 Å². The molecule has 0 saturated carbocycles. The van der Waals surface area contributed by atoms with Gasteiger partial charge in [-0.15, -0.1) is 0 Å². The second kappa shape index (κ2) is 8.95. The molecule has 0 aliphatic carbocycles. The Labute approximate surface area is 198 Å². The molecular formula is C23H25N7O5. The molecule has 4 aromatic rings. The van der Waals surface area contributed by atoms with Gasteiger partial charge in [-0.25, -0.2) is 19.3 Å². The van der Waals surface area contributed by atoms with E-state index >= 15 is 0 Å². The van der Waals surface area contributed by atoms with E-state index in [-0.39, 0.29) is 35.9 Å². The number of carbonyl (C=O) groups is 1. The lowest BCUT2D eigenvalue weighted by atomic mass is 10.2. The average Bonchev–Trinajstić information content (AvgIpc) is 3.49. The van der Waals surface area contributed by atoms with Crippen molar-refractivity contribution in [3.63, 3.8) is 0 Å². The molecule has 0 radical (unpaired) electrons. The van der Waals surface area contributed by atoms with Crippen molar-refractivity contribution >= 4 is 28.0 Å². The van der Waals surface area contributed by atoms with Crippen molar-refractivity contribution in [3.05, 3.63) is 67.6 Å². The molecule has 1 atom stereocenters. The minimum absolute atomic E-state index is 0.00177. The fourth-order valence-electron chi connectivity index (χ4n) is 4.45. The molecule has 12 heteroatoms. The van der Waals surface area contributed by atoms with Gasteiger partial charge in [0.15, 0.2) is 11.2 Å². The van der Waals surface area contributed by atoms with E-state index in [2.05, 4.69) is 15.0 Å². The van der Waals surface area contributed by atoms with Gasteiger partial charge < -0.3 is 19.2 Å². The number of aryl methyl sites for hydroxylation is 2. The fraction of sp³-hybridized carbons (Fsp3) is 0.391. The molecule has 12 nitrogen and oxygen atoms in total. The lowest BCUT2D eigenvalue weighted by Crippen LogP contribution is -2.46. The minimum Gasteiger partial charge on any atom is -0.376 e. The van der Waals surface area contributed by atoms with Gasteiger partial charge in [-0.2, -0.15) is 0 Å². The Hall–Kier alpha value is -4.06. The maximum atomic E-state index is 13.4. The van der Waals surface area contributed by atoms with Crippen LogP contribution in [0.3, 0.4) is 0 Å². The van der Waals surface area contributed by atoms with Crippen LogP contribution in [0.1, 0.15) is 18.7 Å². The summed E-state index contributed by atoms with van der Waals surface area (Å²) >= 11 is 0. The van der Waals surface area contributed by atoms with Crippen LogP contribution in [0, 0.1) is 0 Å². The zero-order valence-electron chi connectivity index (χ0n) is 19.4. The molecule has 4 heterocycles. The number of nitrogens with zero attached hydrogens (tertiary/aromatic N) is 6. The lowest BCUT2D eigenvalue weighted by Gasteiger charge is -2.25. The maximum absolute atomic E-state index is 13.4. The second-order valence-corrected chi connectivity index (χ2v) is 8.70. The summed E-state index contributed by atoms with van der Waals surface area (Å²) in [6, 6.07) is 6.94. The number of fused-ring (bicyclic) bond motifs is 2. The Morgan fingerprint density at radius 2 is 2.03 bits per heavy atom. The molecule has 35 heavy (non-hydrogen) atoms. The van der Waals surface area contributed by atoms with Gasteiger partial charge in [0.05, 0.1) is 29.9 Å². The quantitative estimate of drug-likeness (QED) is 0.407. The summed E-state index contributed by atoms with van der Waals surface area (Å²) < 4.78 is 9.39. The first kappa shape index (κ1) is 22.7. The van der Waals surface area contributed by atoms with Crippen LogP contribution >= 0.6 is 0 Å². The first-order valence-corrected chi connectivity index (χ1v) is 11.3. The Balaban J connectivity index is 1.50. The van der Waals surface area contributed by atoms with E-state index in [4.69, 9.17) is 4.74 Å². The number of H-pyrrole nitrogens is 1. The number of amides is 1. The topological polar surface area (TPSA) is 137 Å². The molecule has 1 aliphatic heterocycles. The van der Waals surface area contributed by atoms with Crippen molar-refractivity contribution in [1.82, 2.24) is 33.6 Å². The molecule has 5 rings (SSSR count). The first-order chi connectivity index (χ1) is 16.8. The van der Waals surface area contributed by atoms with Crippen LogP contribution < -0.4 is 16.8 Å². The molecule has 1 fully saturated rings. The highest BCUT2D eigenvalue weighted by atomic mass is 16.5. The predicted molar refractivity (Wildman–Crippen MR) is 127 cm³/mol. The van der Waals surface area contributed by atoms with Gasteiger partial charge in [0.2, 0.25) is 5.91 Å². The number of carbonyl (C=O) groups excluding carboxylic acids is 1. The average molecular weight is 479 g/mol. The van der Waals surface area contributed by atoms with E-state index in [1.165, 1.54) is 27.4 Å². The largest absolute Gasteiger partial charge is 0.376 e. The molecule has 3 aromatic heterocycles. The summed E-state index contributed by atoms with van der Waals surface area (Å²) in [7, 11) is 3.16. The number of hydrogen-bond donors (Lipinski definition) is 1. The highest BCUT2D eigenvalue weighted by Gasteiger charge is 2.25. The number of hydrogen-bond acceptors (Lipinski definition) is 7. The Bertz CT molecular complexity index is 1610. The van der Waals surface area contributed by atoms with Gasteiger partial charge in [-0.05, 0) is 25.0 Å². The van der Waals surface area contributed by atoms with Gasteiger partial charge in [0.25, 0.3) is 11.1 Å². The highest BCUT2D eigenvalue weighted by Crippen LogP contribution is 2.15. The second-order valence-electron chi connectivity index (χ2n) is 8.70. The van der Waals surface area contributed by atoms with Crippen molar-refractivity contribution in [3.8, 4) is 0 Å². The Morgan fingerprint density at radius 1 is 1.23 bits per heavy atom. The van der Waals surface area contributed by atoms with Crippen molar-refractivity contribution in [2.45, 2.75) is 32.0 Å². The van der Waals surface area contributed by atoms with Gasteiger partial charge in [-0.3, -0.25) is 19.0 Å². The monoisotopic (exact) mass is 479 g/mol. The van der Waals surface area contributed by atoms with E-state index in [0.717, 1.165) is 17.4 Å². The van der Waals surface area contributed by atoms with Crippen molar-refractivity contribution in [2.75, 3.05) is 13.2 Å². The van der Waals surface area contributed by atoms with Crippen LogP contribution in [0.5, 0.6) is 0 Å². The molecule has 1 N–H and O–H groups in total. The number of rotatable bonds is 6. The van der Waals surface area contributed by atoms with Gasteiger partial charge in [0, 0.05) is 27.2 Å². The predicted octanol–water partition coefficient (Wildman–Crippen LogP) is -0.122. The molecule has 182 valence electrons. The minimum atomic E-state index is -0.635. The summed E-state index contributed by atoms with van der Waals surface area (Å²) in [4.78, 5) is 64.7. The smallest absolute Gasteiger partial charge is 0.332 e. The third kappa shape index (κ3) is 4.16. The van der Waals surface area contributed by atoms with Crippen LogP contribution in [0.25, 0.3) is 22.1 Å². The van der Waals surface area contributed by atoms with Crippen molar-refractivity contribution < 1.29 is 9.53 Å². The number of para-hydroxylation sites is 1. The molecule has 0 spiro atoms. The lowest BCUT2D eigenvalue weighted by molar-refractivity contribution is -0.134. The molecule has 1 aliphatic rings. The normalized spacial score (nSPS) is 15.8. The maximum Gasteiger partial charge on any atom is 0.332 e.